The van der Waals surface area contributed by atoms with Crippen LogP contribution in [0.3, 0.4) is 0 Å². The van der Waals surface area contributed by atoms with Gasteiger partial charge in [-0.2, -0.15) is 0 Å². The third-order valence-electron chi connectivity index (χ3n) is 9.83. The fourth-order valence-electron chi connectivity index (χ4n) is 6.28. The molecule has 1 saturated heterocycles. The third kappa shape index (κ3) is 11.7. The minimum Gasteiger partial charge on any atom is -0.444 e. The number of likely N-dealkylation sites (tertiary alicyclic amines) is 1. The summed E-state index contributed by atoms with van der Waals surface area (Å²) in [7, 11) is -2.66. The van der Waals surface area contributed by atoms with Gasteiger partial charge in [0.2, 0.25) is 0 Å². The van der Waals surface area contributed by atoms with Crippen molar-refractivity contribution in [2.75, 3.05) is 18.5 Å². The Morgan fingerprint density at radius 1 is 0.907 bits per heavy atom. The Hall–Kier alpha value is -4.13. The van der Waals surface area contributed by atoms with E-state index in [9.17, 15) is 23.2 Å². The van der Waals surface area contributed by atoms with Gasteiger partial charge in [0.15, 0.2) is 8.32 Å². The van der Waals surface area contributed by atoms with Gasteiger partial charge in [0.1, 0.15) is 17.2 Å². The lowest BCUT2D eigenvalue weighted by Gasteiger charge is -2.45. The number of carbonyl (C=O) groups is 3. The lowest BCUT2D eigenvalue weighted by Crippen LogP contribution is -2.60. The molecule has 294 valence electrons. The average molecular weight is 766 g/mol. The first-order valence-corrected chi connectivity index (χ1v) is 21.6. The number of hydrogen-bond acceptors (Lipinski definition) is 6. The quantitative estimate of drug-likeness (QED) is 0.168. The van der Waals surface area contributed by atoms with Crippen molar-refractivity contribution in [2.24, 2.45) is 0 Å². The lowest BCUT2D eigenvalue weighted by molar-refractivity contribution is 0.000336. The van der Waals surface area contributed by atoms with Crippen LogP contribution in [0.15, 0.2) is 66.7 Å². The molecule has 0 saturated carbocycles. The molecule has 2 unspecified atom stereocenters. The number of halogens is 2. The van der Waals surface area contributed by atoms with Crippen molar-refractivity contribution in [3.8, 4) is 0 Å². The van der Waals surface area contributed by atoms with Crippen LogP contribution in [0.5, 0.6) is 0 Å². The van der Waals surface area contributed by atoms with Crippen molar-refractivity contribution >= 4 is 31.9 Å². The maximum absolute atomic E-state index is 14.7. The van der Waals surface area contributed by atoms with E-state index in [4.69, 9.17) is 13.9 Å². The molecule has 4 rings (SSSR count). The van der Waals surface area contributed by atoms with E-state index in [-0.39, 0.29) is 35.6 Å². The minimum atomic E-state index is -2.66. The summed E-state index contributed by atoms with van der Waals surface area (Å²) in [5.74, 6) is -2.32. The third-order valence-corrected chi connectivity index (χ3v) is 14.3. The summed E-state index contributed by atoms with van der Waals surface area (Å²) >= 11 is 0. The van der Waals surface area contributed by atoms with E-state index in [0.717, 1.165) is 18.1 Å². The van der Waals surface area contributed by atoms with Crippen molar-refractivity contribution in [1.82, 2.24) is 10.2 Å². The van der Waals surface area contributed by atoms with E-state index < -0.39 is 55.7 Å². The molecule has 3 amide bonds. The number of amides is 3. The van der Waals surface area contributed by atoms with Gasteiger partial charge in [0, 0.05) is 29.5 Å². The van der Waals surface area contributed by atoms with Crippen LogP contribution >= 0.6 is 0 Å². The Bertz CT molecular complexity index is 1760. The summed E-state index contributed by atoms with van der Waals surface area (Å²) < 4.78 is 48.6. The number of nitrogens with zero attached hydrogens (tertiary/aromatic N) is 1. The number of nitrogens with one attached hydrogen (secondary N) is 2. The van der Waals surface area contributed by atoms with Gasteiger partial charge in [0.25, 0.3) is 11.8 Å². The number of benzene rings is 3. The average Bonchev–Trinajstić information content (AvgIpc) is 3.48. The number of aryl methyl sites for hydroxylation is 1. The van der Waals surface area contributed by atoms with Gasteiger partial charge >= 0.3 is 6.09 Å². The Morgan fingerprint density at radius 2 is 1.56 bits per heavy atom. The molecule has 12 heteroatoms. The highest BCUT2D eigenvalue weighted by Gasteiger charge is 2.49. The summed E-state index contributed by atoms with van der Waals surface area (Å²) in [6.07, 6.45) is -0.552. The Kier molecular flexibility index (Phi) is 13.8. The first kappa shape index (κ1) is 42.6. The largest absolute Gasteiger partial charge is 0.444 e. The fraction of sp³-hybridized carbons (Fsp3) is 0.500. The van der Waals surface area contributed by atoms with Crippen molar-refractivity contribution in [1.29, 1.82) is 0 Å². The molecule has 1 aliphatic heterocycles. The second-order valence-corrected chi connectivity index (χ2v) is 21.5. The van der Waals surface area contributed by atoms with Gasteiger partial charge in [-0.3, -0.25) is 14.5 Å². The molecule has 0 radical (unpaired) electrons. The highest BCUT2D eigenvalue weighted by Crippen LogP contribution is 2.40. The number of carbonyl (C=O) groups excluding carboxylic acids is 3. The Labute approximate surface area is 320 Å². The molecule has 54 heavy (non-hydrogen) atoms. The predicted molar refractivity (Wildman–Crippen MR) is 210 cm³/mol. The predicted octanol–water partition coefficient (Wildman–Crippen LogP) is 9.06. The van der Waals surface area contributed by atoms with E-state index in [1.54, 1.807) is 68.1 Å². The second-order valence-electron chi connectivity index (χ2n) is 16.7. The van der Waals surface area contributed by atoms with Crippen LogP contribution in [-0.4, -0.2) is 74.2 Å². The van der Waals surface area contributed by atoms with E-state index in [2.05, 4.69) is 44.5 Å². The van der Waals surface area contributed by atoms with Crippen LogP contribution in [-0.2, 0) is 20.3 Å². The zero-order valence-electron chi connectivity index (χ0n) is 33.3. The Morgan fingerprint density at radius 3 is 2.15 bits per heavy atom. The van der Waals surface area contributed by atoms with Gasteiger partial charge in [-0.25, -0.2) is 13.6 Å². The first-order chi connectivity index (χ1) is 25.2. The maximum atomic E-state index is 14.7. The summed E-state index contributed by atoms with van der Waals surface area (Å²) in [6.45, 7) is 20.4. The number of anilines is 1. The normalized spacial score (nSPS) is 17.5. The van der Waals surface area contributed by atoms with Crippen LogP contribution in [0.4, 0.5) is 19.3 Å². The van der Waals surface area contributed by atoms with E-state index in [0.29, 0.717) is 29.8 Å². The monoisotopic (exact) mass is 765 g/mol. The van der Waals surface area contributed by atoms with E-state index in [1.807, 2.05) is 19.9 Å². The molecule has 0 aliphatic carbocycles. The van der Waals surface area contributed by atoms with E-state index >= 15 is 0 Å². The van der Waals surface area contributed by atoms with Gasteiger partial charge in [-0.05, 0) is 119 Å². The second kappa shape index (κ2) is 17.6. The number of hydrogen-bond donors (Lipinski definition) is 2. The molecule has 0 spiro atoms. The van der Waals surface area contributed by atoms with Crippen molar-refractivity contribution < 1.29 is 37.1 Å². The molecule has 0 bridgehead atoms. The van der Waals surface area contributed by atoms with E-state index in [1.165, 1.54) is 12.1 Å². The topological polar surface area (TPSA) is 106 Å². The highest BCUT2D eigenvalue weighted by atomic mass is 28.4. The fourth-order valence-corrected chi connectivity index (χ4v) is 7.64. The van der Waals surface area contributed by atoms with Crippen LogP contribution in [0.1, 0.15) is 93.2 Å². The summed E-state index contributed by atoms with van der Waals surface area (Å²) in [5, 5.41) is 5.76. The first-order valence-electron chi connectivity index (χ1n) is 18.7. The molecule has 1 heterocycles. The molecule has 0 aromatic heterocycles. The molecule has 4 atom stereocenters. The van der Waals surface area contributed by atoms with Crippen LogP contribution < -0.4 is 10.6 Å². The molecule has 3 aromatic carbocycles. The summed E-state index contributed by atoms with van der Waals surface area (Å²) in [5.41, 5.74) is 1.40. The zero-order valence-corrected chi connectivity index (χ0v) is 34.3. The molecule has 1 aliphatic rings. The van der Waals surface area contributed by atoms with Gasteiger partial charge in [-0.1, -0.05) is 45.9 Å². The smallest absolute Gasteiger partial charge is 0.410 e. The maximum Gasteiger partial charge on any atom is 0.410 e. The zero-order chi connectivity index (χ0) is 40.0. The van der Waals surface area contributed by atoms with Crippen molar-refractivity contribution in [3.63, 3.8) is 0 Å². The standard InChI is InChI=1S/C42H57F2N3O6Si/c1-11-17-51-34-25-36(47(26-34)40(50)52-41(3,4)5)37(53-54(9,10)42(6,7)8)35(22-28-20-31(43)24-32(44)21-28)46-39(49)30-18-27(2)19-33(23-30)45-38(48)29-15-13-12-14-16-29/h12-16,18-21,23-24,34-37H,11,17,22,25-26H2,1-10H3,(H,45,48)(H,46,49)/t34?,35-,36?,37-/m0/s1. The summed E-state index contributed by atoms with van der Waals surface area (Å²) in [4.78, 5) is 42.9. The number of rotatable bonds is 13. The molecular weight excluding hydrogens is 709 g/mol. The Balaban J connectivity index is 1.81. The van der Waals surface area contributed by atoms with Crippen LogP contribution in [0, 0.1) is 18.6 Å². The molecule has 1 fully saturated rings. The van der Waals surface area contributed by atoms with Crippen molar-refractivity contribution in [3.05, 3.63) is 101 Å². The summed E-state index contributed by atoms with van der Waals surface area (Å²) in [6, 6.07) is 15.6. The van der Waals surface area contributed by atoms with Crippen LogP contribution in [0.2, 0.25) is 18.1 Å². The molecular formula is C42H57F2N3O6Si. The lowest BCUT2D eigenvalue weighted by atomic mass is 9.94. The molecule has 9 nitrogen and oxygen atoms in total. The van der Waals surface area contributed by atoms with Crippen LogP contribution in [0.25, 0.3) is 0 Å². The van der Waals surface area contributed by atoms with Gasteiger partial charge in [-0.15, -0.1) is 0 Å². The SMILES string of the molecule is CCCOC1CC([C@@H](O[Si](C)(C)C(C)(C)C)[C@H](Cc2cc(F)cc(F)c2)NC(=O)c2cc(C)cc(NC(=O)c3ccccc3)c2)N(C(=O)OC(C)(C)C)C1. The highest BCUT2D eigenvalue weighted by molar-refractivity contribution is 6.74. The van der Waals surface area contributed by atoms with Gasteiger partial charge < -0.3 is 24.5 Å². The minimum absolute atomic E-state index is 0.0116. The number of ether oxygens (including phenoxy) is 2. The molecule has 3 aromatic rings. The van der Waals surface area contributed by atoms with Gasteiger partial charge in [0.05, 0.1) is 30.8 Å². The molecule has 2 N–H and O–H groups in total. The van der Waals surface area contributed by atoms with Crippen molar-refractivity contribution in [2.45, 2.75) is 123 Å².